The Morgan fingerprint density at radius 1 is 1.53 bits per heavy atom. The normalized spacial score (nSPS) is 14.8. The van der Waals surface area contributed by atoms with Crippen molar-refractivity contribution in [3.8, 4) is 11.5 Å². The van der Waals surface area contributed by atoms with Gasteiger partial charge in [0.15, 0.2) is 5.82 Å². The van der Waals surface area contributed by atoms with Gasteiger partial charge < -0.3 is 4.98 Å². The second-order valence-electron chi connectivity index (χ2n) is 4.83. The lowest BCUT2D eigenvalue weighted by Crippen LogP contribution is -2.17. The molecule has 100 valence electrons. The summed E-state index contributed by atoms with van der Waals surface area (Å²) in [5, 5.41) is 4.28. The average molecular weight is 370 g/mol. The van der Waals surface area contributed by atoms with Gasteiger partial charge >= 0.3 is 0 Å². The maximum absolute atomic E-state index is 12.0. The monoisotopic (exact) mass is 370 g/mol. The number of aryl methyl sites for hydroxylation is 1. The molecule has 1 N–H and O–H groups in total. The van der Waals surface area contributed by atoms with Gasteiger partial charge in [-0.25, -0.2) is 4.98 Å². The fourth-order valence-electron chi connectivity index (χ4n) is 2.15. The third-order valence-electron chi connectivity index (χ3n) is 3.25. The van der Waals surface area contributed by atoms with E-state index in [1.807, 2.05) is 10.7 Å². The number of hydrogen-bond acceptors (Lipinski definition) is 3. The second-order valence-corrected chi connectivity index (χ2v) is 5.91. The van der Waals surface area contributed by atoms with Crippen molar-refractivity contribution >= 4 is 22.6 Å². The summed E-state index contributed by atoms with van der Waals surface area (Å²) in [6.07, 6.45) is 5.03. The first-order chi connectivity index (χ1) is 9.20. The van der Waals surface area contributed by atoms with Gasteiger partial charge in [0.25, 0.3) is 5.56 Å². The molecule has 2 aromatic heterocycles. The standard InChI is InChI=1S/C13H15IN4O/c1-2-7-18-9(5-6-15-18)12-16-11(8-3-4-8)10(14)13(19)17-12/h5-6,8H,2-4,7H2,1H3,(H,16,17,19). The zero-order valence-electron chi connectivity index (χ0n) is 10.7. The number of nitrogens with one attached hydrogen (secondary N) is 1. The number of hydrogen-bond donors (Lipinski definition) is 1. The largest absolute Gasteiger partial charge is 0.304 e. The van der Waals surface area contributed by atoms with E-state index in [4.69, 9.17) is 0 Å². The van der Waals surface area contributed by atoms with Crippen molar-refractivity contribution in [3.05, 3.63) is 31.9 Å². The molecule has 0 bridgehead atoms. The second kappa shape index (κ2) is 5.07. The molecule has 0 amide bonds. The van der Waals surface area contributed by atoms with Crippen molar-refractivity contribution in [1.82, 2.24) is 19.7 Å². The molecule has 1 fully saturated rings. The number of H-pyrrole nitrogens is 1. The minimum Gasteiger partial charge on any atom is -0.304 e. The van der Waals surface area contributed by atoms with Crippen LogP contribution in [0.15, 0.2) is 17.1 Å². The van der Waals surface area contributed by atoms with Gasteiger partial charge in [0.2, 0.25) is 0 Å². The van der Waals surface area contributed by atoms with Crippen molar-refractivity contribution in [2.45, 2.75) is 38.6 Å². The van der Waals surface area contributed by atoms with E-state index in [0.29, 0.717) is 11.7 Å². The van der Waals surface area contributed by atoms with Gasteiger partial charge in [0, 0.05) is 18.7 Å². The zero-order chi connectivity index (χ0) is 13.4. The van der Waals surface area contributed by atoms with E-state index in [1.165, 1.54) is 0 Å². The summed E-state index contributed by atoms with van der Waals surface area (Å²) in [4.78, 5) is 19.5. The van der Waals surface area contributed by atoms with E-state index in [9.17, 15) is 4.79 Å². The molecule has 0 atom stereocenters. The van der Waals surface area contributed by atoms with Gasteiger partial charge in [-0.05, 0) is 47.9 Å². The molecular weight excluding hydrogens is 355 g/mol. The van der Waals surface area contributed by atoms with Gasteiger partial charge in [-0.1, -0.05) is 6.92 Å². The van der Waals surface area contributed by atoms with Crippen molar-refractivity contribution in [1.29, 1.82) is 0 Å². The van der Waals surface area contributed by atoms with Crippen LogP contribution >= 0.6 is 22.6 Å². The number of rotatable bonds is 4. The van der Waals surface area contributed by atoms with E-state index >= 15 is 0 Å². The predicted octanol–water partition coefficient (Wildman–Crippen LogP) is 2.53. The molecule has 19 heavy (non-hydrogen) atoms. The number of aromatic amines is 1. The number of aromatic nitrogens is 4. The zero-order valence-corrected chi connectivity index (χ0v) is 12.8. The molecule has 1 aliphatic carbocycles. The Morgan fingerprint density at radius 2 is 2.32 bits per heavy atom. The predicted molar refractivity (Wildman–Crippen MR) is 81.1 cm³/mol. The molecule has 1 saturated carbocycles. The van der Waals surface area contributed by atoms with Crippen molar-refractivity contribution < 1.29 is 0 Å². The molecule has 2 heterocycles. The first kappa shape index (κ1) is 12.8. The van der Waals surface area contributed by atoms with Crippen LogP contribution in [-0.4, -0.2) is 19.7 Å². The Balaban J connectivity index is 2.09. The van der Waals surface area contributed by atoms with Crippen LogP contribution in [0.3, 0.4) is 0 Å². The third-order valence-corrected chi connectivity index (χ3v) is 4.29. The van der Waals surface area contributed by atoms with E-state index in [1.54, 1.807) is 6.20 Å². The molecule has 6 heteroatoms. The smallest absolute Gasteiger partial charge is 0.264 e. The molecule has 5 nitrogen and oxygen atoms in total. The van der Waals surface area contributed by atoms with Gasteiger partial charge in [0.1, 0.15) is 9.26 Å². The highest BCUT2D eigenvalue weighted by Crippen LogP contribution is 2.40. The summed E-state index contributed by atoms with van der Waals surface area (Å²) >= 11 is 2.09. The highest BCUT2D eigenvalue weighted by Gasteiger charge is 2.29. The summed E-state index contributed by atoms with van der Waals surface area (Å²) < 4.78 is 2.62. The first-order valence-corrected chi connectivity index (χ1v) is 7.60. The van der Waals surface area contributed by atoms with Crippen LogP contribution in [0, 0.1) is 3.57 Å². The van der Waals surface area contributed by atoms with E-state index in [-0.39, 0.29) is 5.56 Å². The summed E-state index contributed by atoms with van der Waals surface area (Å²) in [6.45, 7) is 2.93. The van der Waals surface area contributed by atoms with Crippen LogP contribution in [-0.2, 0) is 6.54 Å². The maximum atomic E-state index is 12.0. The van der Waals surface area contributed by atoms with Gasteiger partial charge in [-0.15, -0.1) is 0 Å². The molecular formula is C13H15IN4O. The minimum absolute atomic E-state index is 0.0447. The minimum atomic E-state index is -0.0447. The molecule has 0 radical (unpaired) electrons. The van der Waals surface area contributed by atoms with Crippen molar-refractivity contribution in [2.24, 2.45) is 0 Å². The van der Waals surface area contributed by atoms with Crippen molar-refractivity contribution in [2.75, 3.05) is 0 Å². The quantitative estimate of drug-likeness (QED) is 0.842. The topological polar surface area (TPSA) is 63.6 Å². The molecule has 0 unspecified atom stereocenters. The lowest BCUT2D eigenvalue weighted by Gasteiger charge is -2.08. The van der Waals surface area contributed by atoms with E-state index in [2.05, 4.69) is 44.6 Å². The highest BCUT2D eigenvalue weighted by molar-refractivity contribution is 14.1. The Bertz CT molecular complexity index is 657. The van der Waals surface area contributed by atoms with Crippen LogP contribution in [0.5, 0.6) is 0 Å². The molecule has 1 aliphatic rings. The molecule has 0 saturated heterocycles. The Labute approximate surface area is 124 Å². The van der Waals surface area contributed by atoms with Crippen LogP contribution in [0.4, 0.5) is 0 Å². The Morgan fingerprint density at radius 3 is 3.00 bits per heavy atom. The fourth-order valence-corrected chi connectivity index (χ4v) is 2.84. The van der Waals surface area contributed by atoms with Crippen LogP contribution in [0.1, 0.15) is 37.8 Å². The Kier molecular flexibility index (Phi) is 3.42. The summed E-state index contributed by atoms with van der Waals surface area (Å²) in [5.41, 5.74) is 1.79. The molecule has 2 aromatic rings. The molecule has 0 aliphatic heterocycles. The SMILES string of the molecule is CCCn1nccc1-c1nc(C2CC2)c(I)c(=O)[nH]1. The summed E-state index contributed by atoms with van der Waals surface area (Å²) in [6, 6.07) is 1.90. The first-order valence-electron chi connectivity index (χ1n) is 6.52. The molecule has 0 spiro atoms. The van der Waals surface area contributed by atoms with Crippen LogP contribution < -0.4 is 5.56 Å². The number of halogens is 1. The fraction of sp³-hybridized carbons (Fsp3) is 0.462. The third kappa shape index (κ3) is 2.45. The van der Waals surface area contributed by atoms with Crippen LogP contribution in [0.2, 0.25) is 0 Å². The van der Waals surface area contributed by atoms with Gasteiger partial charge in [-0.3, -0.25) is 9.48 Å². The average Bonchev–Trinajstić information content (AvgIpc) is 3.13. The Hall–Kier alpha value is -1.18. The maximum Gasteiger partial charge on any atom is 0.264 e. The van der Waals surface area contributed by atoms with Gasteiger partial charge in [0.05, 0.1) is 5.69 Å². The molecule has 3 rings (SSSR count). The van der Waals surface area contributed by atoms with E-state index < -0.39 is 0 Å². The van der Waals surface area contributed by atoms with Crippen LogP contribution in [0.25, 0.3) is 11.5 Å². The van der Waals surface area contributed by atoms with Crippen molar-refractivity contribution in [3.63, 3.8) is 0 Å². The molecule has 0 aromatic carbocycles. The van der Waals surface area contributed by atoms with Gasteiger partial charge in [-0.2, -0.15) is 5.10 Å². The van der Waals surface area contributed by atoms with E-state index in [0.717, 1.165) is 40.8 Å². The lowest BCUT2D eigenvalue weighted by molar-refractivity contribution is 0.606. The summed E-state index contributed by atoms with van der Waals surface area (Å²) in [7, 11) is 0. The number of nitrogens with zero attached hydrogens (tertiary/aromatic N) is 3. The highest BCUT2D eigenvalue weighted by atomic mass is 127. The summed E-state index contributed by atoms with van der Waals surface area (Å²) in [5.74, 6) is 1.11. The lowest BCUT2D eigenvalue weighted by atomic mass is 10.2.